The lowest BCUT2D eigenvalue weighted by Gasteiger charge is -2.29. The van der Waals surface area contributed by atoms with Gasteiger partial charge in [0.15, 0.2) is 11.5 Å². The van der Waals surface area contributed by atoms with Crippen LogP contribution < -0.4 is 8.58 Å². The normalized spacial score (nSPS) is 12.4. The number of benzene rings is 2. The molecule has 0 aliphatic heterocycles. The molecule has 0 bridgehead atoms. The molecule has 1 aromatic heterocycles. The van der Waals surface area contributed by atoms with Crippen LogP contribution in [-0.4, -0.2) is 0 Å². The molecule has 0 aliphatic rings. The van der Waals surface area contributed by atoms with Crippen LogP contribution in [0.25, 0.3) is 0 Å². The molecule has 0 aliphatic carbocycles. The Bertz CT molecular complexity index is 1170. The molecule has 0 amide bonds. The van der Waals surface area contributed by atoms with Crippen LogP contribution in [0.3, 0.4) is 0 Å². The quantitative estimate of drug-likeness (QED) is 0.338. The van der Waals surface area contributed by atoms with Crippen molar-refractivity contribution in [3.05, 3.63) is 80.3 Å². The maximum atomic E-state index is 6.45. The highest BCUT2D eigenvalue weighted by atomic mass is 35.5. The first-order chi connectivity index (χ1) is 16.1. The van der Waals surface area contributed by atoms with Crippen molar-refractivity contribution in [2.45, 2.75) is 92.9 Å². The van der Waals surface area contributed by atoms with Crippen molar-refractivity contribution in [1.29, 1.82) is 0 Å². The third-order valence-corrected chi connectivity index (χ3v) is 7.21. The van der Waals surface area contributed by atoms with E-state index in [2.05, 4.69) is 93.5 Å². The van der Waals surface area contributed by atoms with Gasteiger partial charge in [0.25, 0.3) is 0 Å². The van der Waals surface area contributed by atoms with Gasteiger partial charge < -0.3 is 13.0 Å². The third kappa shape index (κ3) is 5.22. The maximum absolute atomic E-state index is 6.45. The van der Waals surface area contributed by atoms with E-state index in [0.717, 1.165) is 56.0 Å². The standard InChI is InChI=1S/C30H38Cl2O3/c1-16-12-21(27(34-31)23(14-16)29(6,7)8)25(26-19(4)18(3)20(5)33-26)22-13-17(2)15-24(28(22)35-32)30(9,10)11/h12-15,25H,1-11H3. The molecule has 0 radical (unpaired) electrons. The molecule has 3 aromatic rings. The van der Waals surface area contributed by atoms with Gasteiger partial charge in [0.2, 0.25) is 0 Å². The Balaban J connectivity index is 2.54. The van der Waals surface area contributed by atoms with E-state index in [0.29, 0.717) is 11.5 Å². The van der Waals surface area contributed by atoms with Crippen molar-refractivity contribution < 1.29 is 13.0 Å². The Morgan fingerprint density at radius 1 is 0.657 bits per heavy atom. The van der Waals surface area contributed by atoms with Gasteiger partial charge >= 0.3 is 0 Å². The van der Waals surface area contributed by atoms with Crippen molar-refractivity contribution in [1.82, 2.24) is 0 Å². The van der Waals surface area contributed by atoms with Gasteiger partial charge in [-0.05, 0) is 56.6 Å². The fourth-order valence-electron chi connectivity index (χ4n) is 4.81. The van der Waals surface area contributed by atoms with E-state index in [1.807, 2.05) is 6.92 Å². The van der Waals surface area contributed by atoms with Crippen LogP contribution in [0.2, 0.25) is 0 Å². The van der Waals surface area contributed by atoms with Crippen LogP contribution in [0.4, 0.5) is 0 Å². The minimum Gasteiger partial charge on any atom is -0.465 e. The van der Waals surface area contributed by atoms with Gasteiger partial charge in [-0.25, -0.2) is 0 Å². The summed E-state index contributed by atoms with van der Waals surface area (Å²) < 4.78 is 17.7. The Hall–Kier alpha value is -2.10. The molecule has 5 heteroatoms. The molecular weight excluding hydrogens is 479 g/mol. The Kier molecular flexibility index (Phi) is 7.65. The molecule has 0 saturated heterocycles. The van der Waals surface area contributed by atoms with Crippen molar-refractivity contribution in [2.24, 2.45) is 0 Å². The van der Waals surface area contributed by atoms with E-state index in [9.17, 15) is 0 Å². The molecular formula is C30H38Cl2O3. The molecule has 0 atom stereocenters. The van der Waals surface area contributed by atoms with Crippen molar-refractivity contribution in [3.63, 3.8) is 0 Å². The first-order valence-electron chi connectivity index (χ1n) is 12.1. The van der Waals surface area contributed by atoms with Crippen molar-refractivity contribution in [2.75, 3.05) is 0 Å². The molecule has 3 rings (SSSR count). The molecule has 35 heavy (non-hydrogen) atoms. The predicted octanol–water partition coefficient (Wildman–Crippen LogP) is 9.66. The number of hydrogen-bond donors (Lipinski definition) is 0. The molecule has 0 spiro atoms. The molecule has 1 heterocycles. The topological polar surface area (TPSA) is 31.6 Å². The van der Waals surface area contributed by atoms with E-state index in [1.54, 1.807) is 0 Å². The fraction of sp³-hybridized carbons (Fsp3) is 0.467. The van der Waals surface area contributed by atoms with E-state index in [1.165, 1.54) is 0 Å². The molecule has 0 saturated carbocycles. The second-order valence-corrected chi connectivity index (χ2v) is 12.1. The average molecular weight is 518 g/mol. The fourth-order valence-corrected chi connectivity index (χ4v) is 5.15. The summed E-state index contributed by atoms with van der Waals surface area (Å²) in [6.07, 6.45) is 0. The zero-order valence-corrected chi connectivity index (χ0v) is 24.4. The zero-order chi connectivity index (χ0) is 26.5. The van der Waals surface area contributed by atoms with E-state index in [4.69, 9.17) is 36.7 Å². The van der Waals surface area contributed by atoms with Gasteiger partial charge in [-0.3, -0.25) is 0 Å². The maximum Gasteiger partial charge on any atom is 0.154 e. The van der Waals surface area contributed by atoms with Gasteiger partial charge in [0.1, 0.15) is 35.3 Å². The number of halogens is 2. The largest absolute Gasteiger partial charge is 0.465 e. The Labute approximate surface area is 221 Å². The predicted molar refractivity (Wildman–Crippen MR) is 147 cm³/mol. The van der Waals surface area contributed by atoms with E-state index < -0.39 is 0 Å². The molecule has 3 nitrogen and oxygen atoms in total. The highest BCUT2D eigenvalue weighted by molar-refractivity contribution is 6.09. The van der Waals surface area contributed by atoms with Gasteiger partial charge in [0.05, 0.1) is 5.92 Å². The third-order valence-electron chi connectivity index (χ3n) is 6.90. The van der Waals surface area contributed by atoms with Crippen LogP contribution in [0.15, 0.2) is 28.7 Å². The summed E-state index contributed by atoms with van der Waals surface area (Å²) in [5.41, 5.74) is 7.96. The van der Waals surface area contributed by atoms with Crippen LogP contribution in [0.1, 0.15) is 103 Å². The van der Waals surface area contributed by atoms with Gasteiger partial charge in [-0.15, -0.1) is 0 Å². The van der Waals surface area contributed by atoms with E-state index >= 15 is 0 Å². The summed E-state index contributed by atoms with van der Waals surface area (Å²) in [4.78, 5) is 0. The lowest BCUT2D eigenvalue weighted by atomic mass is 9.77. The first-order valence-corrected chi connectivity index (χ1v) is 12.7. The summed E-state index contributed by atoms with van der Waals surface area (Å²) in [5.74, 6) is 2.66. The minimum atomic E-state index is -0.341. The Morgan fingerprint density at radius 3 is 1.34 bits per heavy atom. The summed E-state index contributed by atoms with van der Waals surface area (Å²) in [6.45, 7) is 23.3. The lowest BCUT2D eigenvalue weighted by Crippen LogP contribution is -2.17. The molecule has 0 fully saturated rings. The Morgan fingerprint density at radius 2 is 1.06 bits per heavy atom. The number of furan rings is 1. The monoisotopic (exact) mass is 516 g/mol. The zero-order valence-electron chi connectivity index (χ0n) is 22.9. The van der Waals surface area contributed by atoms with Crippen molar-refractivity contribution >= 4 is 23.7 Å². The minimum absolute atomic E-state index is 0.186. The second kappa shape index (κ2) is 9.75. The van der Waals surface area contributed by atoms with Gasteiger partial charge in [-0.1, -0.05) is 76.9 Å². The smallest absolute Gasteiger partial charge is 0.154 e. The lowest BCUT2D eigenvalue weighted by molar-refractivity contribution is 0.462. The number of hydrogen-bond acceptors (Lipinski definition) is 3. The highest BCUT2D eigenvalue weighted by Crippen LogP contribution is 2.49. The van der Waals surface area contributed by atoms with Gasteiger partial charge in [-0.2, -0.15) is 0 Å². The second-order valence-electron chi connectivity index (χ2n) is 11.8. The van der Waals surface area contributed by atoms with Crippen LogP contribution in [0, 0.1) is 34.6 Å². The first kappa shape index (κ1) is 27.5. The summed E-state index contributed by atoms with van der Waals surface area (Å²) in [5, 5.41) is 0. The van der Waals surface area contributed by atoms with Crippen LogP contribution in [-0.2, 0) is 10.8 Å². The average Bonchev–Trinajstić information content (AvgIpc) is 2.99. The van der Waals surface area contributed by atoms with Crippen LogP contribution in [0.5, 0.6) is 11.5 Å². The van der Waals surface area contributed by atoms with Gasteiger partial charge in [0, 0.05) is 22.3 Å². The molecule has 2 aromatic carbocycles. The number of rotatable bonds is 5. The highest BCUT2D eigenvalue weighted by Gasteiger charge is 2.35. The summed E-state index contributed by atoms with van der Waals surface area (Å²) >= 11 is 12.4. The molecule has 190 valence electrons. The number of aryl methyl sites for hydroxylation is 3. The molecule has 0 N–H and O–H groups in total. The summed E-state index contributed by atoms with van der Waals surface area (Å²) in [7, 11) is 0. The van der Waals surface area contributed by atoms with E-state index in [-0.39, 0.29) is 16.7 Å². The molecule has 0 unspecified atom stereocenters. The van der Waals surface area contributed by atoms with Crippen molar-refractivity contribution in [3.8, 4) is 11.5 Å². The SMILES string of the molecule is Cc1cc(C(c2cc(C)cc(C(C)(C)C)c2OCl)c2oc(C)c(C)c2C)c(OCl)c(C(C)(C)C)c1. The van der Waals surface area contributed by atoms with Crippen LogP contribution >= 0.6 is 23.7 Å². The summed E-state index contributed by atoms with van der Waals surface area (Å²) in [6, 6.07) is 8.53.